The molecule has 7 amide bonds. The number of nitrogens with two attached hydrogens (primary N) is 6. The van der Waals surface area contributed by atoms with Crippen molar-refractivity contribution in [1.29, 1.82) is 0 Å². The van der Waals surface area contributed by atoms with Crippen molar-refractivity contribution in [3.05, 3.63) is 85.2 Å². The molecule has 6 aliphatic heterocycles. The molecule has 92 heavy (non-hydrogen) atoms. The Labute approximate surface area is 547 Å². The van der Waals surface area contributed by atoms with Gasteiger partial charge in [0.05, 0.1) is 30.1 Å². The maximum absolute atomic E-state index is 14.4. The maximum atomic E-state index is 14.4. The number of benzene rings is 1. The van der Waals surface area contributed by atoms with Gasteiger partial charge in [-0.25, -0.2) is 9.55 Å². The molecule has 30 heteroatoms. The molecule has 2 aromatic rings. The van der Waals surface area contributed by atoms with E-state index in [9.17, 15) is 53.2 Å². The summed E-state index contributed by atoms with van der Waals surface area (Å²) < 4.78 is 32.3. The number of carbonyl (C=O) groups excluding carboxylic acids is 7. The summed E-state index contributed by atoms with van der Waals surface area (Å²) in [5, 5.41) is 46.9. The number of rotatable bonds is 26. The minimum atomic E-state index is -5.06. The Balaban J connectivity index is 0.00000672. The number of ether oxygens (including phenoxy) is 1. The van der Waals surface area contributed by atoms with Crippen LogP contribution in [0.2, 0.25) is 0 Å². The summed E-state index contributed by atoms with van der Waals surface area (Å²) >= 11 is 0. The molecule has 4 unspecified atom stereocenters. The number of allylic oxidation sites excluding steroid dienone is 3. The molecule has 5 saturated heterocycles. The van der Waals surface area contributed by atoms with Gasteiger partial charge in [-0.3, -0.25) is 42.6 Å². The summed E-state index contributed by atoms with van der Waals surface area (Å²) in [6, 6.07) is 0.530. The molecule has 1 aromatic carbocycles. The Kier molecular flexibility index (Phi) is 23.1. The van der Waals surface area contributed by atoms with Gasteiger partial charge < -0.3 is 90.9 Å². The average Bonchev–Trinajstić information content (AvgIpc) is 1.53. The number of aliphatic hydroxyl groups excluding tert-OH is 2. The minimum Gasteiger partial charge on any atom is -0.685 e. The number of hydrogen-bond acceptors (Lipinski definition) is 13. The number of aliphatic hydroxyl groups is 2. The number of imidazole rings is 1. The van der Waals surface area contributed by atoms with Crippen molar-refractivity contribution in [3.63, 3.8) is 0 Å². The predicted octanol–water partition coefficient (Wildman–Crippen LogP) is 3.07. The van der Waals surface area contributed by atoms with Gasteiger partial charge in [0.1, 0.15) is 18.3 Å². The number of nitrogens with zero attached hydrogens (tertiary/aromatic N) is 6. The third-order valence-electron chi connectivity index (χ3n) is 21.2. The Morgan fingerprint density at radius 2 is 1.36 bits per heavy atom. The van der Waals surface area contributed by atoms with E-state index in [1.165, 1.54) is 13.3 Å². The van der Waals surface area contributed by atoms with Gasteiger partial charge >= 0.3 is 7.82 Å². The van der Waals surface area contributed by atoms with Crippen LogP contribution in [0, 0.1) is 59.2 Å². The summed E-state index contributed by atoms with van der Waals surface area (Å²) in [5.74, 6) is -6.91. The molecule has 18 N–H and O–H groups in total. The van der Waals surface area contributed by atoms with E-state index in [0.29, 0.717) is 39.3 Å². The third-order valence-corrected chi connectivity index (χ3v) is 22.3. The molecule has 28 nitrogen and oxygen atoms in total. The monoisotopic (exact) mass is 1350 g/mol. The molecule has 5 fully saturated rings. The predicted molar refractivity (Wildman–Crippen MR) is 334 cm³/mol. The first kappa shape index (κ1) is 75.2. The summed E-state index contributed by atoms with van der Waals surface area (Å²) in [6.45, 7) is 19.5. The fourth-order valence-corrected chi connectivity index (χ4v) is 17.2. The first-order valence-corrected chi connectivity index (χ1v) is 32.4. The van der Waals surface area contributed by atoms with Gasteiger partial charge in [-0.1, -0.05) is 41.5 Å². The molecular formula is C62H94CoN13O15P-4. The smallest absolute Gasteiger partial charge is 0.472 e. The average molecular weight is 1350 g/mol. The first-order valence-electron chi connectivity index (χ1n) is 30.9. The van der Waals surface area contributed by atoms with E-state index in [2.05, 4.69) is 10.3 Å². The van der Waals surface area contributed by atoms with Crippen LogP contribution in [-0.4, -0.2) is 129 Å². The molecule has 18 atom stereocenters. The fourth-order valence-electron chi connectivity index (χ4n) is 16.1. The van der Waals surface area contributed by atoms with E-state index < -0.39 is 161 Å². The third kappa shape index (κ3) is 14.4. The summed E-state index contributed by atoms with van der Waals surface area (Å²) in [5.41, 5.74) is 36.2. The zero-order valence-corrected chi connectivity index (χ0v) is 56.2. The van der Waals surface area contributed by atoms with Gasteiger partial charge in [-0.05, 0) is 129 Å². The van der Waals surface area contributed by atoms with Crippen molar-refractivity contribution in [2.75, 3.05) is 13.2 Å². The normalized spacial score (nSPS) is 36.0. The second-order valence-corrected chi connectivity index (χ2v) is 29.0. The number of phosphoric ester groups is 1. The van der Waals surface area contributed by atoms with Crippen LogP contribution >= 0.6 is 7.82 Å². The summed E-state index contributed by atoms with van der Waals surface area (Å²) in [7, 11) is -5.06. The van der Waals surface area contributed by atoms with Crippen molar-refractivity contribution < 1.29 is 93.8 Å². The van der Waals surface area contributed by atoms with Crippen molar-refractivity contribution in [2.45, 2.75) is 207 Å². The topological polar surface area (TPSA) is 499 Å². The van der Waals surface area contributed by atoms with Gasteiger partial charge in [0.2, 0.25) is 41.4 Å². The molecule has 0 saturated carbocycles. The van der Waals surface area contributed by atoms with Crippen molar-refractivity contribution in [1.82, 2.24) is 10.3 Å². The minimum absolute atomic E-state index is 0. The standard InChI is InChI=1S/C62H92N13O14P.Co.H2O/c1-29-20-39-40(21-30(29)2)75(28-70-39)57-52(84)53(41(27-76)87-57)89-90(85,86)88-31(3)26-69-49(83)18-19-59(8)37(22-46(66)80)56-62(11)61(10,25-48(68)82)36(14-17-45(65)79)51(74-62)33(5)55-60(9,24-47(67)81)34(12-15-43(63)77)38(71-55)23-42-58(6,7)35(13-16-44(64)78)50(72-42)32(4)54(59)73-56;;/h20-21,23,28,31,34-37,41-42,50-53,56-57,76,84H,12-19,22,24-27H2,1-11H3,(H14,63,64,65,66,67,68,69,77,78,79,80,81,82,83,85,86);;1H2/q-4;;/b38-23-,54-32-,55-33-;;/t31-,34-,35-,36-,37+,41-,42?,50?,51?,52-,53-,56-,57+,59-,60+,61+,62+;;/m1../s1. The number of aromatic nitrogens is 2. The molecule has 6 aliphatic rings. The van der Waals surface area contributed by atoms with Crippen LogP contribution in [0.1, 0.15) is 150 Å². The number of fused-ring (bicyclic) bond motifs is 10. The molecule has 7 heterocycles. The van der Waals surface area contributed by atoms with Gasteiger partial charge in [0, 0.05) is 68.3 Å². The maximum Gasteiger partial charge on any atom is 0.472 e. The van der Waals surface area contributed by atoms with Crippen LogP contribution in [0.25, 0.3) is 32.3 Å². The number of carbonyl (C=O) groups is 7. The van der Waals surface area contributed by atoms with Crippen LogP contribution in [0.3, 0.4) is 0 Å². The second-order valence-electron chi connectivity index (χ2n) is 27.6. The molecular weight excluding hydrogens is 1260 g/mol. The van der Waals surface area contributed by atoms with Gasteiger partial charge in [-0.15, -0.1) is 46.9 Å². The Hall–Kier alpha value is -5.82. The molecule has 1 aromatic heterocycles. The van der Waals surface area contributed by atoms with Gasteiger partial charge in [0.25, 0.3) is 0 Å². The molecule has 515 valence electrons. The first-order chi connectivity index (χ1) is 41.8. The van der Waals surface area contributed by atoms with Crippen LogP contribution < -0.4 is 49.3 Å². The van der Waals surface area contributed by atoms with Crippen molar-refractivity contribution in [3.8, 4) is 0 Å². The quantitative estimate of drug-likeness (QED) is 0.0478. The van der Waals surface area contributed by atoms with Crippen molar-refractivity contribution in [2.24, 2.45) is 79.7 Å². The zero-order valence-electron chi connectivity index (χ0n) is 54.3. The number of hydrogen-bond donors (Lipinski definition) is 10. The Morgan fingerprint density at radius 3 is 1.95 bits per heavy atom. The van der Waals surface area contributed by atoms with Crippen LogP contribution in [0.15, 0.2) is 52.8 Å². The van der Waals surface area contributed by atoms with E-state index in [1.807, 2.05) is 87.4 Å². The van der Waals surface area contributed by atoms with Crippen LogP contribution in [0.4, 0.5) is 0 Å². The van der Waals surface area contributed by atoms with Crippen LogP contribution in [0.5, 0.6) is 0 Å². The van der Waals surface area contributed by atoms with E-state index in [-0.39, 0.29) is 99.4 Å². The van der Waals surface area contributed by atoms with E-state index >= 15 is 0 Å². The molecule has 8 rings (SSSR count). The Morgan fingerprint density at radius 1 is 0.772 bits per heavy atom. The second kappa shape index (κ2) is 28.2. The Bertz CT molecular complexity index is 3340. The number of aryl methyl sites for hydroxylation is 2. The van der Waals surface area contributed by atoms with E-state index in [0.717, 1.165) is 11.1 Å². The van der Waals surface area contributed by atoms with E-state index in [4.69, 9.17) is 69.5 Å². The van der Waals surface area contributed by atoms with Crippen molar-refractivity contribution >= 4 is 60.2 Å². The molecule has 8 bridgehead atoms. The largest absolute Gasteiger partial charge is 0.685 e. The zero-order chi connectivity index (χ0) is 66.7. The molecule has 1 radical (unpaired) electrons. The number of primary amides is 6. The SMILES string of the molecule is C/C1=C2/[N-][C@H]([C@H](CC(N)=O)[C@@]2(C)CCC(=O)NC[C@@H](C)OP(=O)(O)O[C@H]2[C@@H](O)[C@@H]([n+]3c[n-]c4cc(C)c(C)cc43)O[C@@H]2CO)[C@]2(C)[N-]C(/C(C)=C3\[N-]/C(=C\C4[N-]C1[C@@H](CCC(N)=O)C4(C)C)[C@@H](CCC(N)=O)[C@]3(C)CC(N)=O)[C@@H](CCC(N)=O)[C@]2(C)CC(N)=O.O.[Co]. The van der Waals surface area contributed by atoms with Gasteiger partial charge in [-0.2, -0.15) is 17.1 Å². The number of amides is 7. The van der Waals surface area contributed by atoms with Gasteiger partial charge in [0.15, 0.2) is 6.23 Å². The molecule has 0 spiro atoms. The number of phosphoric acid groups is 1. The fraction of sp³-hybridized carbons (Fsp3) is 0.677. The van der Waals surface area contributed by atoms with Crippen LogP contribution in [-0.2, 0) is 68.7 Å². The molecule has 0 aliphatic carbocycles. The number of nitrogens with one attached hydrogen (secondary N) is 1. The van der Waals surface area contributed by atoms with E-state index in [1.54, 1.807) is 4.57 Å². The summed E-state index contributed by atoms with van der Waals surface area (Å²) in [6.07, 6.45) is -3.98. The summed E-state index contributed by atoms with van der Waals surface area (Å²) in [4.78, 5) is 109.